The van der Waals surface area contributed by atoms with Crippen LogP contribution in [-0.4, -0.2) is 29.6 Å². The molecule has 17 heavy (non-hydrogen) atoms. The van der Waals surface area contributed by atoms with Crippen LogP contribution in [0.3, 0.4) is 0 Å². The highest BCUT2D eigenvalue weighted by atomic mass is 32.1. The molecule has 1 aromatic heterocycles. The van der Waals surface area contributed by atoms with Crippen LogP contribution in [-0.2, 0) is 4.74 Å². The molecule has 2 rings (SSSR count). The van der Waals surface area contributed by atoms with Crippen molar-refractivity contribution >= 4 is 16.7 Å². The van der Waals surface area contributed by atoms with E-state index in [2.05, 4.69) is 21.6 Å². The van der Waals surface area contributed by atoms with Crippen LogP contribution >= 0.6 is 11.5 Å². The van der Waals surface area contributed by atoms with Crippen LogP contribution in [0.25, 0.3) is 0 Å². The maximum absolute atomic E-state index is 4.99. The summed E-state index contributed by atoms with van der Waals surface area (Å²) in [6, 6.07) is 0. The van der Waals surface area contributed by atoms with Crippen molar-refractivity contribution in [1.29, 1.82) is 0 Å². The second kappa shape index (κ2) is 6.31. The first-order valence-corrected chi connectivity index (χ1v) is 7.17. The number of hydrogen-bond acceptors (Lipinski definition) is 5. The van der Waals surface area contributed by atoms with Gasteiger partial charge < -0.3 is 10.1 Å². The van der Waals surface area contributed by atoms with E-state index in [1.54, 1.807) is 7.11 Å². The molecule has 1 aliphatic rings. The third-order valence-electron chi connectivity index (χ3n) is 3.51. The lowest BCUT2D eigenvalue weighted by Gasteiger charge is -2.05. The van der Waals surface area contributed by atoms with Crippen molar-refractivity contribution < 1.29 is 4.74 Å². The summed E-state index contributed by atoms with van der Waals surface area (Å²) in [7, 11) is 1.70. The van der Waals surface area contributed by atoms with Gasteiger partial charge in [-0.3, -0.25) is 0 Å². The summed E-state index contributed by atoms with van der Waals surface area (Å²) in [5, 5.41) is 4.16. The molecular weight excluding hydrogens is 234 g/mol. The second-order valence-electron chi connectivity index (χ2n) is 4.66. The third kappa shape index (κ3) is 3.39. The highest BCUT2D eigenvalue weighted by molar-refractivity contribution is 7.09. The molecule has 96 valence electrons. The first kappa shape index (κ1) is 12.8. The van der Waals surface area contributed by atoms with Gasteiger partial charge in [0, 0.05) is 31.1 Å². The molecule has 5 heteroatoms. The van der Waals surface area contributed by atoms with E-state index in [-0.39, 0.29) is 0 Å². The quantitative estimate of drug-likeness (QED) is 0.794. The summed E-state index contributed by atoms with van der Waals surface area (Å²) < 4.78 is 9.47. The first-order chi connectivity index (χ1) is 8.33. The number of nitrogens with zero attached hydrogens (tertiary/aromatic N) is 2. The van der Waals surface area contributed by atoms with Crippen LogP contribution < -0.4 is 5.32 Å². The number of nitrogens with one attached hydrogen (secondary N) is 1. The van der Waals surface area contributed by atoms with Crippen LogP contribution in [0, 0.1) is 5.92 Å². The van der Waals surface area contributed by atoms with Crippen molar-refractivity contribution in [3.8, 4) is 0 Å². The second-order valence-corrected chi connectivity index (χ2v) is 5.41. The van der Waals surface area contributed by atoms with Crippen LogP contribution in [0.2, 0.25) is 0 Å². The monoisotopic (exact) mass is 255 g/mol. The van der Waals surface area contributed by atoms with Gasteiger partial charge >= 0.3 is 0 Å². The van der Waals surface area contributed by atoms with E-state index >= 15 is 0 Å². The average Bonchev–Trinajstić information content (AvgIpc) is 2.97. The number of ether oxygens (including phenoxy) is 1. The molecule has 1 N–H and O–H groups in total. The highest BCUT2D eigenvalue weighted by Crippen LogP contribution is 2.39. The molecule has 1 fully saturated rings. The van der Waals surface area contributed by atoms with Crippen LogP contribution in [0.1, 0.15) is 44.3 Å². The van der Waals surface area contributed by atoms with E-state index < -0.39 is 0 Å². The number of rotatable bonds is 6. The normalized spacial score (nSPS) is 24.1. The molecule has 0 saturated heterocycles. The first-order valence-electron chi connectivity index (χ1n) is 6.40. The topological polar surface area (TPSA) is 47.0 Å². The highest BCUT2D eigenvalue weighted by Gasteiger charge is 2.27. The van der Waals surface area contributed by atoms with E-state index in [9.17, 15) is 0 Å². The summed E-state index contributed by atoms with van der Waals surface area (Å²) >= 11 is 1.47. The molecule has 0 aromatic carbocycles. The van der Waals surface area contributed by atoms with Gasteiger partial charge in [-0.2, -0.15) is 4.37 Å². The van der Waals surface area contributed by atoms with Gasteiger partial charge in [0.2, 0.25) is 5.13 Å². The minimum Gasteiger partial charge on any atom is -0.383 e. The number of aromatic nitrogens is 2. The molecule has 2 unspecified atom stereocenters. The molecule has 0 spiro atoms. The van der Waals surface area contributed by atoms with Crippen molar-refractivity contribution in [2.24, 2.45) is 5.92 Å². The van der Waals surface area contributed by atoms with Crippen LogP contribution in [0.5, 0.6) is 0 Å². The fourth-order valence-electron chi connectivity index (χ4n) is 2.41. The van der Waals surface area contributed by atoms with Crippen LogP contribution in [0.4, 0.5) is 5.13 Å². The summed E-state index contributed by atoms with van der Waals surface area (Å²) in [6.07, 6.45) is 5.16. The Morgan fingerprint density at radius 3 is 3.06 bits per heavy atom. The Bertz CT molecular complexity index is 342. The van der Waals surface area contributed by atoms with Gasteiger partial charge in [0.1, 0.15) is 5.82 Å². The van der Waals surface area contributed by atoms with Crippen LogP contribution in [0.15, 0.2) is 0 Å². The minimum absolute atomic E-state index is 0.592. The maximum Gasteiger partial charge on any atom is 0.202 e. The van der Waals surface area contributed by atoms with E-state index in [0.29, 0.717) is 12.5 Å². The zero-order chi connectivity index (χ0) is 12.1. The lowest BCUT2D eigenvalue weighted by Crippen LogP contribution is -2.07. The Labute approximate surface area is 107 Å². The summed E-state index contributed by atoms with van der Waals surface area (Å²) in [5.74, 6) is 2.52. The van der Waals surface area contributed by atoms with Gasteiger partial charge in [0.15, 0.2) is 0 Å². The van der Waals surface area contributed by atoms with Gasteiger partial charge in [0.05, 0.1) is 6.61 Å². The number of hydrogen-bond donors (Lipinski definition) is 1. The Balaban J connectivity index is 1.85. The lowest BCUT2D eigenvalue weighted by molar-refractivity contribution is 0.211. The lowest BCUT2D eigenvalue weighted by atomic mass is 10.0. The fraction of sp³-hybridized carbons (Fsp3) is 0.833. The molecule has 1 aromatic rings. The van der Waals surface area contributed by atoms with E-state index in [1.807, 2.05) is 0 Å². The van der Waals surface area contributed by atoms with Crippen molar-refractivity contribution in [1.82, 2.24) is 9.36 Å². The van der Waals surface area contributed by atoms with Crippen molar-refractivity contribution in [3.63, 3.8) is 0 Å². The molecule has 4 nitrogen and oxygen atoms in total. The fourth-order valence-corrected chi connectivity index (χ4v) is 3.08. The average molecular weight is 255 g/mol. The Kier molecular flexibility index (Phi) is 4.74. The Morgan fingerprint density at radius 2 is 2.35 bits per heavy atom. The molecule has 1 heterocycles. The van der Waals surface area contributed by atoms with E-state index in [4.69, 9.17) is 4.74 Å². The molecular formula is C12H21N3OS. The predicted octanol–water partition coefficient (Wildman–Crippen LogP) is 2.89. The molecule has 0 aliphatic heterocycles. The molecule has 1 saturated carbocycles. The smallest absolute Gasteiger partial charge is 0.202 e. The Hall–Kier alpha value is -0.680. The Morgan fingerprint density at radius 1 is 1.47 bits per heavy atom. The third-order valence-corrected chi connectivity index (χ3v) is 4.19. The number of methoxy groups -OCH3 is 1. The van der Waals surface area contributed by atoms with Gasteiger partial charge in [-0.15, -0.1) is 0 Å². The van der Waals surface area contributed by atoms with Gasteiger partial charge in [0.25, 0.3) is 0 Å². The van der Waals surface area contributed by atoms with Crippen molar-refractivity contribution in [3.05, 3.63) is 5.82 Å². The molecule has 0 radical (unpaired) electrons. The van der Waals surface area contributed by atoms with Crippen molar-refractivity contribution in [2.75, 3.05) is 25.6 Å². The van der Waals surface area contributed by atoms with Gasteiger partial charge in [-0.05, 0) is 25.2 Å². The standard InChI is InChI=1S/C12H21N3OS/c1-3-9-4-5-10(8-9)11-14-12(17-15-11)13-6-7-16-2/h9-10H,3-8H2,1-2H3,(H,13,14,15). The predicted molar refractivity (Wildman–Crippen MR) is 70.6 cm³/mol. The molecule has 0 bridgehead atoms. The minimum atomic E-state index is 0.592. The zero-order valence-corrected chi connectivity index (χ0v) is 11.4. The SMILES string of the molecule is CCC1CCC(c2nsc(NCCOC)n2)C1. The summed E-state index contributed by atoms with van der Waals surface area (Å²) in [5.41, 5.74) is 0. The summed E-state index contributed by atoms with van der Waals surface area (Å²) in [6.45, 7) is 3.78. The van der Waals surface area contributed by atoms with Crippen molar-refractivity contribution in [2.45, 2.75) is 38.5 Å². The molecule has 2 atom stereocenters. The van der Waals surface area contributed by atoms with E-state index in [1.165, 1.54) is 37.2 Å². The molecule has 1 aliphatic carbocycles. The molecule has 0 amide bonds. The maximum atomic E-state index is 4.99. The summed E-state index contributed by atoms with van der Waals surface area (Å²) in [4.78, 5) is 4.57. The largest absolute Gasteiger partial charge is 0.383 e. The number of anilines is 1. The van der Waals surface area contributed by atoms with E-state index in [0.717, 1.165) is 23.4 Å². The zero-order valence-electron chi connectivity index (χ0n) is 10.6. The van der Waals surface area contributed by atoms with Gasteiger partial charge in [-0.1, -0.05) is 13.3 Å². The van der Waals surface area contributed by atoms with Gasteiger partial charge in [-0.25, -0.2) is 4.98 Å².